The largest absolute Gasteiger partial charge is 0.309 e. The van der Waals surface area contributed by atoms with Crippen LogP contribution in [0.5, 0.6) is 0 Å². The van der Waals surface area contributed by atoms with Crippen LogP contribution in [0.2, 0.25) is 10.0 Å². The molecule has 0 aliphatic rings. The third-order valence-electron chi connectivity index (χ3n) is 4.58. The molecule has 0 saturated heterocycles. The molecule has 0 atom stereocenters. The Labute approximate surface area is 190 Å². The van der Waals surface area contributed by atoms with Crippen LogP contribution < -0.4 is 10.9 Å². The monoisotopic (exact) mass is 474 g/mol. The number of halogens is 2. The van der Waals surface area contributed by atoms with Crippen molar-refractivity contribution < 1.29 is 4.79 Å². The number of anilines is 1. The summed E-state index contributed by atoms with van der Waals surface area (Å²) in [5, 5.41) is 12.8. The maximum atomic E-state index is 12.8. The van der Waals surface area contributed by atoms with Crippen molar-refractivity contribution in [3.05, 3.63) is 69.1 Å². The fourth-order valence-corrected chi connectivity index (χ4v) is 4.19. The number of benzene rings is 1. The summed E-state index contributed by atoms with van der Waals surface area (Å²) in [6, 6.07) is 7.18. The van der Waals surface area contributed by atoms with E-state index in [2.05, 4.69) is 27.1 Å². The number of fused-ring (bicyclic) bond motifs is 3. The van der Waals surface area contributed by atoms with E-state index in [9.17, 15) is 9.59 Å². The van der Waals surface area contributed by atoms with E-state index in [0.29, 0.717) is 37.4 Å². The minimum Gasteiger partial charge on any atom is -0.309 e. The van der Waals surface area contributed by atoms with E-state index in [1.54, 1.807) is 29.5 Å². The molecule has 11 heteroatoms. The lowest BCUT2D eigenvalue weighted by Crippen LogP contribution is -2.22. The van der Waals surface area contributed by atoms with Crippen LogP contribution in [0.1, 0.15) is 5.56 Å². The molecule has 1 N–H and O–H groups in total. The summed E-state index contributed by atoms with van der Waals surface area (Å²) in [5.74, 6) is 0.340. The SMILES string of the molecule is C=CCn1c(=O)c2ccccc2n2c(SCC(=O)Nc3ncc(Cl)c(C)c3Cl)nnc12. The van der Waals surface area contributed by atoms with E-state index in [1.165, 1.54) is 22.5 Å². The van der Waals surface area contributed by atoms with Gasteiger partial charge in [0.05, 0.1) is 26.7 Å². The Morgan fingerprint density at radius 2 is 2.06 bits per heavy atom. The number of carbonyl (C=O) groups is 1. The number of allylic oxidation sites excluding steroid dienone is 1. The van der Waals surface area contributed by atoms with Crippen LogP contribution in [0.3, 0.4) is 0 Å². The Bertz CT molecular complexity index is 1400. The predicted octanol–water partition coefficient (Wildman–Crippen LogP) is 3.97. The van der Waals surface area contributed by atoms with Gasteiger partial charge in [-0.2, -0.15) is 0 Å². The quantitative estimate of drug-likeness (QED) is 0.335. The fourth-order valence-electron chi connectivity index (χ4n) is 3.06. The number of nitrogens with zero attached hydrogens (tertiary/aromatic N) is 5. The van der Waals surface area contributed by atoms with Gasteiger partial charge in [0, 0.05) is 12.7 Å². The van der Waals surface area contributed by atoms with Gasteiger partial charge in [0.25, 0.3) is 5.56 Å². The van der Waals surface area contributed by atoms with Crippen LogP contribution >= 0.6 is 35.0 Å². The van der Waals surface area contributed by atoms with Crippen molar-refractivity contribution in [1.82, 2.24) is 24.1 Å². The smallest absolute Gasteiger partial charge is 0.263 e. The zero-order valence-corrected chi connectivity index (χ0v) is 18.6. The minimum atomic E-state index is -0.318. The second kappa shape index (κ2) is 8.70. The van der Waals surface area contributed by atoms with Crippen LogP contribution in [-0.2, 0) is 11.3 Å². The lowest BCUT2D eigenvalue weighted by atomic mass is 10.2. The van der Waals surface area contributed by atoms with Gasteiger partial charge >= 0.3 is 0 Å². The molecular weight excluding hydrogens is 459 g/mol. The van der Waals surface area contributed by atoms with E-state index in [4.69, 9.17) is 23.2 Å². The van der Waals surface area contributed by atoms with E-state index in [0.717, 1.165) is 0 Å². The van der Waals surface area contributed by atoms with Gasteiger partial charge in [-0.3, -0.25) is 18.6 Å². The van der Waals surface area contributed by atoms with E-state index in [1.807, 2.05) is 12.1 Å². The van der Waals surface area contributed by atoms with Crippen molar-refractivity contribution in [1.29, 1.82) is 0 Å². The number of aromatic nitrogens is 5. The van der Waals surface area contributed by atoms with Gasteiger partial charge in [0.2, 0.25) is 11.7 Å². The molecule has 0 saturated carbocycles. The van der Waals surface area contributed by atoms with Crippen LogP contribution in [-0.4, -0.2) is 35.8 Å². The Kier molecular flexibility index (Phi) is 5.99. The van der Waals surface area contributed by atoms with Crippen molar-refractivity contribution in [3.63, 3.8) is 0 Å². The van der Waals surface area contributed by atoms with Crippen molar-refractivity contribution >= 4 is 63.4 Å². The van der Waals surface area contributed by atoms with Crippen LogP contribution in [0.4, 0.5) is 5.82 Å². The van der Waals surface area contributed by atoms with Crippen LogP contribution in [0.15, 0.2) is 53.1 Å². The number of rotatable bonds is 6. The molecule has 158 valence electrons. The molecule has 0 bridgehead atoms. The predicted molar refractivity (Wildman–Crippen MR) is 123 cm³/mol. The van der Waals surface area contributed by atoms with Crippen molar-refractivity contribution in [2.45, 2.75) is 18.6 Å². The van der Waals surface area contributed by atoms with Gasteiger partial charge in [-0.15, -0.1) is 16.8 Å². The zero-order valence-electron chi connectivity index (χ0n) is 16.3. The lowest BCUT2D eigenvalue weighted by molar-refractivity contribution is -0.113. The van der Waals surface area contributed by atoms with Gasteiger partial charge in [-0.1, -0.05) is 53.2 Å². The van der Waals surface area contributed by atoms with Gasteiger partial charge in [0.15, 0.2) is 11.0 Å². The summed E-state index contributed by atoms with van der Waals surface area (Å²) < 4.78 is 3.25. The Morgan fingerprint density at radius 3 is 2.84 bits per heavy atom. The molecular formula is C20H16Cl2N6O2S. The first kappa shape index (κ1) is 21.4. The number of hydrogen-bond acceptors (Lipinski definition) is 6. The average molecular weight is 475 g/mol. The Morgan fingerprint density at radius 1 is 1.29 bits per heavy atom. The van der Waals surface area contributed by atoms with E-state index in [-0.39, 0.29) is 29.6 Å². The van der Waals surface area contributed by atoms with Gasteiger partial charge in [-0.25, -0.2) is 4.98 Å². The van der Waals surface area contributed by atoms with Gasteiger partial charge in [-0.05, 0) is 24.6 Å². The van der Waals surface area contributed by atoms with Crippen LogP contribution in [0, 0.1) is 6.92 Å². The summed E-state index contributed by atoms with van der Waals surface area (Å²) in [7, 11) is 0. The first-order chi connectivity index (χ1) is 14.9. The highest BCUT2D eigenvalue weighted by atomic mass is 35.5. The van der Waals surface area contributed by atoms with Crippen LogP contribution in [0.25, 0.3) is 16.7 Å². The summed E-state index contributed by atoms with van der Waals surface area (Å²) in [6.45, 7) is 5.74. The highest BCUT2D eigenvalue weighted by Crippen LogP contribution is 2.29. The Hall–Kier alpha value is -2.88. The molecule has 4 rings (SSSR count). The summed E-state index contributed by atoms with van der Waals surface area (Å²) >= 11 is 13.4. The molecule has 0 radical (unpaired) electrons. The Balaban J connectivity index is 1.65. The van der Waals surface area contributed by atoms with E-state index >= 15 is 0 Å². The highest BCUT2D eigenvalue weighted by molar-refractivity contribution is 7.99. The van der Waals surface area contributed by atoms with Gasteiger partial charge in [0.1, 0.15) is 0 Å². The van der Waals surface area contributed by atoms with E-state index < -0.39 is 0 Å². The second-order valence-corrected chi connectivity index (χ2v) is 8.30. The zero-order chi connectivity index (χ0) is 22.1. The fraction of sp³-hybridized carbons (Fsp3) is 0.150. The molecule has 1 amide bonds. The third-order valence-corrected chi connectivity index (χ3v) is 6.35. The molecule has 8 nitrogen and oxygen atoms in total. The minimum absolute atomic E-state index is 0.0371. The third kappa shape index (κ3) is 3.91. The summed E-state index contributed by atoms with van der Waals surface area (Å²) in [5.41, 5.74) is 1.12. The maximum absolute atomic E-state index is 12.8. The first-order valence-electron chi connectivity index (χ1n) is 9.13. The molecule has 0 aliphatic carbocycles. The summed E-state index contributed by atoms with van der Waals surface area (Å²) in [6.07, 6.45) is 3.05. The molecule has 0 unspecified atom stereocenters. The topological polar surface area (TPSA) is 94.2 Å². The molecule has 3 aromatic heterocycles. The number of pyridine rings is 1. The number of amides is 1. The molecule has 0 aliphatic heterocycles. The molecule has 3 heterocycles. The highest BCUT2D eigenvalue weighted by Gasteiger charge is 2.18. The molecule has 1 aromatic carbocycles. The van der Waals surface area contributed by atoms with Crippen molar-refractivity contribution in [2.75, 3.05) is 11.1 Å². The number of hydrogen-bond donors (Lipinski definition) is 1. The normalized spacial score (nSPS) is 11.2. The average Bonchev–Trinajstić information content (AvgIpc) is 3.19. The number of carbonyl (C=O) groups excluding carboxylic acids is 1. The number of thioether (sulfide) groups is 1. The van der Waals surface area contributed by atoms with Crippen molar-refractivity contribution in [2.24, 2.45) is 0 Å². The summed E-state index contributed by atoms with van der Waals surface area (Å²) in [4.78, 5) is 29.4. The van der Waals surface area contributed by atoms with Crippen molar-refractivity contribution in [3.8, 4) is 0 Å². The standard InChI is InChI=1S/C20H16Cl2N6O2S/c1-3-8-27-18(30)12-6-4-5-7-14(12)28-19(27)25-26-20(28)31-10-15(29)24-17-16(22)11(2)13(21)9-23-17/h3-7,9H,1,8,10H2,2H3,(H,23,24,29). The first-order valence-corrected chi connectivity index (χ1v) is 10.9. The van der Waals surface area contributed by atoms with Gasteiger partial charge < -0.3 is 5.32 Å². The molecule has 4 aromatic rings. The lowest BCUT2D eigenvalue weighted by Gasteiger charge is -2.10. The molecule has 0 spiro atoms. The number of nitrogens with one attached hydrogen (secondary N) is 1. The second-order valence-electron chi connectivity index (χ2n) is 6.57. The molecule has 0 fully saturated rings. The molecule has 31 heavy (non-hydrogen) atoms. The number of para-hydroxylation sites is 1. The maximum Gasteiger partial charge on any atom is 0.263 e.